The molecule has 0 aliphatic carbocycles. The number of anilines is 1. The molecule has 0 saturated heterocycles. The van der Waals surface area contributed by atoms with Crippen LogP contribution in [0.25, 0.3) is 0 Å². The zero-order valence-electron chi connectivity index (χ0n) is 18.9. The molecular weight excluding hydrogens is 428 g/mol. The van der Waals surface area contributed by atoms with Gasteiger partial charge >= 0.3 is 0 Å². The number of benzene rings is 2. The fourth-order valence-electron chi connectivity index (χ4n) is 3.11. The molecule has 0 bridgehead atoms. The fraction of sp³-hybridized carbons (Fsp3) is 0.348. The Morgan fingerprint density at radius 3 is 2.34 bits per heavy atom. The van der Waals surface area contributed by atoms with Crippen molar-refractivity contribution in [1.82, 2.24) is 14.8 Å². The van der Waals surface area contributed by atoms with Crippen LogP contribution < -0.4 is 19.5 Å². The van der Waals surface area contributed by atoms with Gasteiger partial charge in [-0.3, -0.25) is 4.79 Å². The number of thioether (sulfide) groups is 1. The Bertz CT molecular complexity index is 1050. The lowest BCUT2D eigenvalue weighted by atomic mass is 10.3. The average Bonchev–Trinajstić information content (AvgIpc) is 3.22. The molecule has 2 aromatic carbocycles. The van der Waals surface area contributed by atoms with Crippen LogP contribution in [0.1, 0.15) is 38.7 Å². The highest BCUT2D eigenvalue weighted by atomic mass is 32.2. The summed E-state index contributed by atoms with van der Waals surface area (Å²) in [5.74, 6) is 2.85. The Hall–Kier alpha value is -3.20. The van der Waals surface area contributed by atoms with Crippen LogP contribution in [0.3, 0.4) is 0 Å². The van der Waals surface area contributed by atoms with Crippen molar-refractivity contribution in [3.63, 3.8) is 0 Å². The lowest BCUT2D eigenvalue weighted by Gasteiger charge is -2.19. The van der Waals surface area contributed by atoms with Crippen molar-refractivity contribution >= 4 is 23.4 Å². The molecule has 1 N–H and O–H groups in total. The number of hydrogen-bond acceptors (Lipinski definition) is 7. The van der Waals surface area contributed by atoms with Crippen LogP contribution in [0.5, 0.6) is 17.2 Å². The SMILES string of the molecule is COc1cccc(NC(=O)CSc2nnc(C(C)Oc3cccc(OC)c3)n2C(C)C)c1. The first-order chi connectivity index (χ1) is 15.4. The van der Waals surface area contributed by atoms with E-state index in [9.17, 15) is 4.79 Å². The molecule has 1 unspecified atom stereocenters. The Balaban J connectivity index is 1.67. The molecular formula is C23H28N4O4S. The van der Waals surface area contributed by atoms with Gasteiger partial charge in [0.15, 0.2) is 17.1 Å². The number of rotatable bonds is 10. The van der Waals surface area contributed by atoms with Gasteiger partial charge in [0.05, 0.1) is 20.0 Å². The maximum Gasteiger partial charge on any atom is 0.234 e. The standard InChI is InChI=1S/C23H28N4O4S/c1-15(2)27-22(16(3)31-20-11-7-10-19(13-20)30-5)25-26-23(27)32-14-21(28)24-17-8-6-9-18(12-17)29-4/h6-13,15-16H,14H2,1-5H3,(H,24,28). The second-order valence-corrected chi connectivity index (χ2v) is 8.25. The highest BCUT2D eigenvalue weighted by Gasteiger charge is 2.22. The van der Waals surface area contributed by atoms with E-state index in [1.54, 1.807) is 20.3 Å². The third-order valence-electron chi connectivity index (χ3n) is 4.61. The van der Waals surface area contributed by atoms with E-state index in [0.717, 1.165) is 5.75 Å². The summed E-state index contributed by atoms with van der Waals surface area (Å²) in [6.07, 6.45) is -0.336. The number of ether oxygens (including phenoxy) is 3. The van der Waals surface area contributed by atoms with Gasteiger partial charge in [0.1, 0.15) is 17.2 Å². The van der Waals surface area contributed by atoms with Crippen molar-refractivity contribution < 1.29 is 19.0 Å². The molecule has 0 radical (unpaired) electrons. The second-order valence-electron chi connectivity index (χ2n) is 7.31. The summed E-state index contributed by atoms with van der Waals surface area (Å²) in [6.45, 7) is 6.02. The van der Waals surface area contributed by atoms with Crippen molar-refractivity contribution in [3.05, 3.63) is 54.4 Å². The number of nitrogens with one attached hydrogen (secondary N) is 1. The van der Waals surface area contributed by atoms with Crippen LogP contribution in [0.15, 0.2) is 53.7 Å². The van der Waals surface area contributed by atoms with Crippen LogP contribution in [0.4, 0.5) is 5.69 Å². The smallest absolute Gasteiger partial charge is 0.234 e. The van der Waals surface area contributed by atoms with E-state index in [2.05, 4.69) is 15.5 Å². The molecule has 1 amide bonds. The molecule has 8 nitrogen and oxygen atoms in total. The molecule has 0 fully saturated rings. The first-order valence-electron chi connectivity index (χ1n) is 10.2. The maximum atomic E-state index is 12.4. The summed E-state index contributed by atoms with van der Waals surface area (Å²) in [5, 5.41) is 12.2. The number of carbonyl (C=O) groups is 1. The Morgan fingerprint density at radius 2 is 1.66 bits per heavy atom. The highest BCUT2D eigenvalue weighted by molar-refractivity contribution is 7.99. The Labute approximate surface area is 192 Å². The zero-order valence-corrected chi connectivity index (χ0v) is 19.7. The van der Waals surface area contributed by atoms with Gasteiger partial charge in [-0.25, -0.2) is 0 Å². The third-order valence-corrected chi connectivity index (χ3v) is 5.55. The number of nitrogens with zero attached hydrogens (tertiary/aromatic N) is 3. The average molecular weight is 457 g/mol. The molecule has 170 valence electrons. The molecule has 0 aliphatic rings. The summed E-state index contributed by atoms with van der Waals surface area (Å²) < 4.78 is 18.5. The van der Waals surface area contributed by atoms with Gasteiger partial charge in [-0.05, 0) is 45.0 Å². The summed E-state index contributed by atoms with van der Waals surface area (Å²) in [6, 6.07) is 14.8. The lowest BCUT2D eigenvalue weighted by molar-refractivity contribution is -0.113. The molecule has 3 rings (SSSR count). The minimum atomic E-state index is -0.336. The van der Waals surface area contributed by atoms with E-state index in [1.165, 1.54) is 11.8 Å². The second kappa shape index (κ2) is 10.9. The van der Waals surface area contributed by atoms with E-state index < -0.39 is 0 Å². The van der Waals surface area contributed by atoms with Crippen molar-refractivity contribution in [3.8, 4) is 17.2 Å². The number of methoxy groups -OCH3 is 2. The lowest BCUT2D eigenvalue weighted by Crippen LogP contribution is -2.16. The van der Waals surface area contributed by atoms with E-state index in [-0.39, 0.29) is 23.8 Å². The number of amides is 1. The first-order valence-corrected chi connectivity index (χ1v) is 11.2. The predicted octanol–water partition coefficient (Wildman–Crippen LogP) is 4.75. The van der Waals surface area contributed by atoms with Crippen LogP contribution in [-0.2, 0) is 4.79 Å². The summed E-state index contributed by atoms with van der Waals surface area (Å²) >= 11 is 1.33. The Morgan fingerprint density at radius 1 is 1.00 bits per heavy atom. The molecule has 9 heteroatoms. The normalized spacial score (nSPS) is 11.8. The minimum Gasteiger partial charge on any atom is -0.497 e. The predicted molar refractivity (Wildman–Crippen MR) is 125 cm³/mol. The van der Waals surface area contributed by atoms with E-state index >= 15 is 0 Å². The van der Waals surface area contributed by atoms with Crippen molar-refractivity contribution in [2.24, 2.45) is 0 Å². The fourth-order valence-corrected chi connectivity index (χ4v) is 3.98. The topological polar surface area (TPSA) is 87.5 Å². The molecule has 0 aliphatic heterocycles. The maximum absolute atomic E-state index is 12.4. The van der Waals surface area contributed by atoms with Crippen LogP contribution in [-0.4, -0.2) is 40.6 Å². The molecule has 1 heterocycles. The third kappa shape index (κ3) is 5.94. The first kappa shape index (κ1) is 23.5. The van der Waals surface area contributed by atoms with Gasteiger partial charge in [0.25, 0.3) is 0 Å². The van der Waals surface area contributed by atoms with Crippen molar-refractivity contribution in [2.75, 3.05) is 25.3 Å². The van der Waals surface area contributed by atoms with E-state index in [4.69, 9.17) is 14.2 Å². The monoisotopic (exact) mass is 456 g/mol. The van der Waals surface area contributed by atoms with Gasteiger partial charge in [-0.2, -0.15) is 0 Å². The van der Waals surface area contributed by atoms with Gasteiger partial charge in [0, 0.05) is 23.9 Å². The molecule has 1 atom stereocenters. The summed E-state index contributed by atoms with van der Waals surface area (Å²) in [4.78, 5) is 12.4. The minimum absolute atomic E-state index is 0.0975. The van der Waals surface area contributed by atoms with Gasteiger partial charge < -0.3 is 24.1 Å². The quantitative estimate of drug-likeness (QED) is 0.441. The molecule has 32 heavy (non-hydrogen) atoms. The van der Waals surface area contributed by atoms with Crippen LogP contribution in [0.2, 0.25) is 0 Å². The zero-order chi connectivity index (χ0) is 23.1. The highest BCUT2D eigenvalue weighted by Crippen LogP contribution is 2.29. The number of carbonyl (C=O) groups excluding carboxylic acids is 1. The molecule has 3 aromatic rings. The Kier molecular flexibility index (Phi) is 7.99. The van der Waals surface area contributed by atoms with Gasteiger partial charge in [-0.1, -0.05) is 23.9 Å². The van der Waals surface area contributed by atoms with Crippen molar-refractivity contribution in [1.29, 1.82) is 0 Å². The molecule has 0 spiro atoms. The molecule has 0 saturated carbocycles. The van der Waals surface area contributed by atoms with Crippen molar-refractivity contribution in [2.45, 2.75) is 38.1 Å². The van der Waals surface area contributed by atoms with Gasteiger partial charge in [-0.15, -0.1) is 10.2 Å². The van der Waals surface area contributed by atoms with Crippen LogP contribution >= 0.6 is 11.8 Å². The van der Waals surface area contributed by atoms with Gasteiger partial charge in [0.2, 0.25) is 5.91 Å². The molecule has 1 aromatic heterocycles. The summed E-state index contributed by atoms with van der Waals surface area (Å²) in [7, 11) is 3.21. The number of hydrogen-bond donors (Lipinski definition) is 1. The van der Waals surface area contributed by atoms with E-state index in [1.807, 2.05) is 67.8 Å². The van der Waals surface area contributed by atoms with Crippen LogP contribution in [0, 0.1) is 0 Å². The number of aromatic nitrogens is 3. The largest absolute Gasteiger partial charge is 0.497 e. The summed E-state index contributed by atoms with van der Waals surface area (Å²) in [5.41, 5.74) is 0.682. The van der Waals surface area contributed by atoms with E-state index in [0.29, 0.717) is 28.2 Å².